The predicted molar refractivity (Wildman–Crippen MR) is 66.4 cm³/mol. The highest BCUT2D eigenvalue weighted by Gasteiger charge is 2.12. The lowest BCUT2D eigenvalue weighted by atomic mass is 10.0. The summed E-state index contributed by atoms with van der Waals surface area (Å²) >= 11 is 0. The van der Waals surface area contributed by atoms with E-state index in [1.165, 1.54) is 0 Å². The molecule has 0 amide bonds. The van der Waals surface area contributed by atoms with E-state index < -0.39 is 0 Å². The summed E-state index contributed by atoms with van der Waals surface area (Å²) in [6.45, 7) is 5.43. The van der Waals surface area contributed by atoms with Crippen molar-refractivity contribution in [3.63, 3.8) is 0 Å². The van der Waals surface area contributed by atoms with Crippen LogP contribution in [-0.4, -0.2) is 19.8 Å². The maximum Gasteiger partial charge on any atom is 0.126 e. The van der Waals surface area contributed by atoms with Crippen LogP contribution in [0, 0.1) is 18.7 Å². The highest BCUT2D eigenvalue weighted by atomic mass is 19.1. The van der Waals surface area contributed by atoms with Gasteiger partial charge in [0.2, 0.25) is 0 Å². The molecule has 1 aromatic rings. The first-order valence-electron chi connectivity index (χ1n) is 6.29. The lowest BCUT2D eigenvalue weighted by Gasteiger charge is -2.22. The minimum Gasteiger partial charge on any atom is -0.381 e. The second-order valence-corrected chi connectivity index (χ2v) is 4.77. The Kier molecular flexibility index (Phi) is 4.51. The number of nitrogens with one attached hydrogen (secondary N) is 1. The zero-order valence-corrected chi connectivity index (χ0v) is 10.3. The molecule has 0 aromatic heterocycles. The Morgan fingerprint density at radius 2 is 2.12 bits per heavy atom. The summed E-state index contributed by atoms with van der Waals surface area (Å²) in [5.74, 6) is 0.600. The monoisotopic (exact) mass is 237 g/mol. The molecule has 0 radical (unpaired) electrons. The summed E-state index contributed by atoms with van der Waals surface area (Å²) in [7, 11) is 0. The molecule has 2 rings (SSSR count). The van der Waals surface area contributed by atoms with Crippen molar-refractivity contribution in [2.24, 2.45) is 5.92 Å². The van der Waals surface area contributed by atoms with Gasteiger partial charge in [0.15, 0.2) is 0 Å². The van der Waals surface area contributed by atoms with E-state index in [2.05, 4.69) is 5.32 Å². The Morgan fingerprint density at radius 3 is 2.82 bits per heavy atom. The smallest absolute Gasteiger partial charge is 0.126 e. The van der Waals surface area contributed by atoms with E-state index in [9.17, 15) is 4.39 Å². The van der Waals surface area contributed by atoms with Gasteiger partial charge in [-0.3, -0.25) is 0 Å². The summed E-state index contributed by atoms with van der Waals surface area (Å²) in [5.41, 5.74) is 1.87. The van der Waals surface area contributed by atoms with Gasteiger partial charge in [-0.1, -0.05) is 12.1 Å². The predicted octanol–water partition coefficient (Wildman–Crippen LogP) is 2.65. The summed E-state index contributed by atoms with van der Waals surface area (Å²) in [5, 5.41) is 3.44. The highest BCUT2D eigenvalue weighted by molar-refractivity contribution is 5.23. The second kappa shape index (κ2) is 6.12. The van der Waals surface area contributed by atoms with Gasteiger partial charge in [-0.15, -0.1) is 0 Å². The van der Waals surface area contributed by atoms with E-state index in [4.69, 9.17) is 4.74 Å². The van der Waals surface area contributed by atoms with Gasteiger partial charge in [0.25, 0.3) is 0 Å². The van der Waals surface area contributed by atoms with Gasteiger partial charge >= 0.3 is 0 Å². The van der Waals surface area contributed by atoms with Crippen LogP contribution in [0.1, 0.15) is 24.0 Å². The zero-order chi connectivity index (χ0) is 12.1. The van der Waals surface area contributed by atoms with Crippen molar-refractivity contribution < 1.29 is 9.13 Å². The molecule has 1 aliphatic heterocycles. The van der Waals surface area contributed by atoms with Crippen LogP contribution in [0.15, 0.2) is 18.2 Å². The van der Waals surface area contributed by atoms with E-state index in [0.29, 0.717) is 0 Å². The quantitative estimate of drug-likeness (QED) is 0.869. The number of benzene rings is 1. The van der Waals surface area contributed by atoms with Crippen molar-refractivity contribution in [3.05, 3.63) is 35.1 Å². The Balaban J connectivity index is 1.75. The molecule has 17 heavy (non-hydrogen) atoms. The van der Waals surface area contributed by atoms with Gasteiger partial charge < -0.3 is 10.1 Å². The first kappa shape index (κ1) is 12.5. The molecule has 0 bridgehead atoms. The molecule has 2 nitrogen and oxygen atoms in total. The van der Waals surface area contributed by atoms with Crippen LogP contribution in [0.5, 0.6) is 0 Å². The zero-order valence-electron chi connectivity index (χ0n) is 10.3. The van der Waals surface area contributed by atoms with E-state index in [1.54, 1.807) is 13.0 Å². The molecule has 1 heterocycles. The van der Waals surface area contributed by atoms with Crippen molar-refractivity contribution in [2.45, 2.75) is 26.3 Å². The van der Waals surface area contributed by atoms with Crippen LogP contribution < -0.4 is 5.32 Å². The van der Waals surface area contributed by atoms with Gasteiger partial charge in [-0.05, 0) is 49.4 Å². The molecular weight excluding hydrogens is 217 g/mol. The van der Waals surface area contributed by atoms with E-state index in [-0.39, 0.29) is 5.82 Å². The molecule has 94 valence electrons. The molecule has 1 aromatic carbocycles. The number of hydrogen-bond acceptors (Lipinski definition) is 2. The fraction of sp³-hybridized carbons (Fsp3) is 0.571. The number of ether oxygens (including phenoxy) is 1. The minimum absolute atomic E-state index is 0.127. The Labute approximate surface area is 102 Å². The maximum absolute atomic E-state index is 13.1. The molecule has 0 aliphatic carbocycles. The molecule has 0 unspecified atom stereocenters. The topological polar surface area (TPSA) is 21.3 Å². The van der Waals surface area contributed by atoms with Crippen molar-refractivity contribution in [2.75, 3.05) is 19.8 Å². The molecule has 0 saturated carbocycles. The Bertz CT molecular complexity index is 361. The van der Waals surface area contributed by atoms with Crippen molar-refractivity contribution in [1.82, 2.24) is 5.32 Å². The second-order valence-electron chi connectivity index (χ2n) is 4.77. The van der Waals surface area contributed by atoms with Crippen LogP contribution in [0.25, 0.3) is 0 Å². The number of halogens is 1. The standard InChI is InChI=1S/C14H20FNO/c1-11-8-13(2-3-14(11)15)10-16-9-12-4-6-17-7-5-12/h2-3,8,12,16H,4-7,9-10H2,1H3. The van der Waals surface area contributed by atoms with Crippen molar-refractivity contribution in [1.29, 1.82) is 0 Å². The van der Waals surface area contributed by atoms with Crippen LogP contribution in [0.4, 0.5) is 4.39 Å². The summed E-state index contributed by atoms with van der Waals surface area (Å²) < 4.78 is 18.4. The third-order valence-electron chi connectivity index (χ3n) is 3.33. The van der Waals surface area contributed by atoms with E-state index in [0.717, 1.165) is 56.2 Å². The third-order valence-corrected chi connectivity index (χ3v) is 3.33. The number of hydrogen-bond donors (Lipinski definition) is 1. The normalized spacial score (nSPS) is 17.3. The third kappa shape index (κ3) is 3.79. The van der Waals surface area contributed by atoms with Crippen LogP contribution in [0.3, 0.4) is 0 Å². The first-order chi connectivity index (χ1) is 8.25. The highest BCUT2D eigenvalue weighted by Crippen LogP contribution is 2.14. The van der Waals surface area contributed by atoms with Crippen molar-refractivity contribution >= 4 is 0 Å². The molecule has 3 heteroatoms. The summed E-state index contributed by atoms with van der Waals surface area (Å²) in [6.07, 6.45) is 2.30. The Morgan fingerprint density at radius 1 is 1.35 bits per heavy atom. The SMILES string of the molecule is Cc1cc(CNCC2CCOCC2)ccc1F. The Hall–Kier alpha value is -0.930. The van der Waals surface area contributed by atoms with Gasteiger partial charge in [0.1, 0.15) is 5.82 Å². The van der Waals surface area contributed by atoms with Gasteiger partial charge in [0.05, 0.1) is 0 Å². The molecule has 1 saturated heterocycles. The number of rotatable bonds is 4. The van der Waals surface area contributed by atoms with Crippen LogP contribution in [0.2, 0.25) is 0 Å². The number of aryl methyl sites for hydroxylation is 1. The molecule has 0 atom stereocenters. The van der Waals surface area contributed by atoms with Gasteiger partial charge in [-0.2, -0.15) is 0 Å². The molecular formula is C14H20FNO. The van der Waals surface area contributed by atoms with Crippen LogP contribution >= 0.6 is 0 Å². The van der Waals surface area contributed by atoms with Gasteiger partial charge in [-0.25, -0.2) is 4.39 Å². The van der Waals surface area contributed by atoms with E-state index in [1.807, 2.05) is 12.1 Å². The lowest BCUT2D eigenvalue weighted by molar-refractivity contribution is 0.0662. The fourth-order valence-corrected chi connectivity index (χ4v) is 2.19. The average Bonchev–Trinajstić information content (AvgIpc) is 2.35. The van der Waals surface area contributed by atoms with E-state index >= 15 is 0 Å². The van der Waals surface area contributed by atoms with Crippen LogP contribution in [-0.2, 0) is 11.3 Å². The first-order valence-corrected chi connectivity index (χ1v) is 6.29. The molecule has 1 N–H and O–H groups in total. The van der Waals surface area contributed by atoms with Crippen molar-refractivity contribution in [3.8, 4) is 0 Å². The molecule has 0 spiro atoms. The average molecular weight is 237 g/mol. The lowest BCUT2D eigenvalue weighted by Crippen LogP contribution is -2.27. The molecule has 1 fully saturated rings. The molecule has 1 aliphatic rings. The fourth-order valence-electron chi connectivity index (χ4n) is 2.19. The summed E-state index contributed by atoms with van der Waals surface area (Å²) in [6, 6.07) is 5.30. The van der Waals surface area contributed by atoms with Gasteiger partial charge in [0, 0.05) is 19.8 Å². The summed E-state index contributed by atoms with van der Waals surface area (Å²) in [4.78, 5) is 0. The minimum atomic E-state index is -0.127. The maximum atomic E-state index is 13.1. The largest absolute Gasteiger partial charge is 0.381 e.